The molecule has 3 heteroatoms. The van der Waals surface area contributed by atoms with Crippen LogP contribution in [0, 0.1) is 12.8 Å². The minimum atomic E-state index is 0.0455. The maximum absolute atomic E-state index is 11.5. The Bertz CT molecular complexity index is 665. The lowest BCUT2D eigenvalue weighted by Crippen LogP contribution is -2.51. The van der Waals surface area contributed by atoms with E-state index in [9.17, 15) is 4.79 Å². The number of aromatic amines is 1. The molecule has 1 aliphatic heterocycles. The van der Waals surface area contributed by atoms with Crippen LogP contribution in [0.2, 0.25) is 0 Å². The number of benzene rings is 1. The van der Waals surface area contributed by atoms with Crippen molar-refractivity contribution >= 4 is 16.8 Å². The van der Waals surface area contributed by atoms with E-state index in [1.165, 1.54) is 28.1 Å². The summed E-state index contributed by atoms with van der Waals surface area (Å²) >= 11 is 0. The molecule has 0 bridgehead atoms. The van der Waals surface area contributed by atoms with Crippen LogP contribution in [0.5, 0.6) is 0 Å². The van der Waals surface area contributed by atoms with Gasteiger partial charge < -0.3 is 9.88 Å². The Morgan fingerprint density at radius 1 is 1.45 bits per heavy atom. The molecule has 104 valence electrons. The number of nitrogens with zero attached hydrogens (tertiary/aromatic N) is 1. The van der Waals surface area contributed by atoms with Crippen LogP contribution in [0.25, 0.3) is 10.9 Å². The predicted octanol–water partition coefficient (Wildman–Crippen LogP) is 3.22. The second kappa shape index (κ2) is 4.82. The molecule has 1 atom stereocenters. The number of likely N-dealkylation sites (tertiary alicyclic amines) is 1. The Morgan fingerprint density at radius 2 is 2.20 bits per heavy atom. The molecule has 0 radical (unpaired) electrons. The molecule has 1 saturated heterocycles. The summed E-state index contributed by atoms with van der Waals surface area (Å²) in [6.45, 7) is 9.61. The zero-order valence-electron chi connectivity index (χ0n) is 12.0. The van der Waals surface area contributed by atoms with Gasteiger partial charge in [0.2, 0.25) is 5.91 Å². The summed E-state index contributed by atoms with van der Waals surface area (Å²) in [7, 11) is 0. The van der Waals surface area contributed by atoms with Crippen molar-refractivity contribution in [1.82, 2.24) is 9.88 Å². The summed E-state index contributed by atoms with van der Waals surface area (Å²) in [5.41, 5.74) is 3.88. The number of H-pyrrole nitrogens is 1. The topological polar surface area (TPSA) is 36.1 Å². The Balaban J connectivity index is 1.82. The first-order valence-electron chi connectivity index (χ1n) is 7.09. The number of aromatic nitrogens is 1. The SMILES string of the molecule is C=CC(=O)N1CC([C@H](C)c2ccc(C)c3[nH]ccc23)C1. The maximum atomic E-state index is 11.5. The van der Waals surface area contributed by atoms with Gasteiger partial charge in [-0.3, -0.25) is 4.79 Å². The molecule has 1 aliphatic rings. The third-order valence-corrected chi connectivity index (χ3v) is 4.56. The van der Waals surface area contributed by atoms with Gasteiger partial charge in [0.1, 0.15) is 0 Å². The average Bonchev–Trinajstić information content (AvgIpc) is 2.87. The lowest BCUT2D eigenvalue weighted by atomic mass is 9.81. The molecule has 20 heavy (non-hydrogen) atoms. The van der Waals surface area contributed by atoms with Crippen LogP contribution in [0.1, 0.15) is 24.0 Å². The van der Waals surface area contributed by atoms with Gasteiger partial charge >= 0.3 is 0 Å². The van der Waals surface area contributed by atoms with Crippen LogP contribution >= 0.6 is 0 Å². The number of fused-ring (bicyclic) bond motifs is 1. The Hall–Kier alpha value is -2.03. The molecule has 0 aliphatic carbocycles. The molecule has 2 heterocycles. The van der Waals surface area contributed by atoms with E-state index in [0.717, 1.165) is 13.1 Å². The largest absolute Gasteiger partial charge is 0.361 e. The molecule has 0 spiro atoms. The van der Waals surface area contributed by atoms with Crippen molar-refractivity contribution < 1.29 is 4.79 Å². The fourth-order valence-electron chi connectivity index (χ4n) is 3.11. The Morgan fingerprint density at radius 3 is 2.90 bits per heavy atom. The molecular formula is C17H20N2O. The minimum absolute atomic E-state index is 0.0455. The average molecular weight is 268 g/mol. The van der Waals surface area contributed by atoms with Crippen LogP contribution in [0.4, 0.5) is 0 Å². The Kier molecular flexibility index (Phi) is 3.13. The van der Waals surface area contributed by atoms with Crippen molar-refractivity contribution in [3.8, 4) is 0 Å². The van der Waals surface area contributed by atoms with Crippen LogP contribution < -0.4 is 0 Å². The zero-order chi connectivity index (χ0) is 14.3. The van der Waals surface area contributed by atoms with E-state index in [1.807, 2.05) is 11.1 Å². The number of aryl methyl sites for hydroxylation is 1. The number of rotatable bonds is 3. The molecule has 0 saturated carbocycles. The van der Waals surface area contributed by atoms with Crippen LogP contribution in [0.15, 0.2) is 37.1 Å². The molecule has 0 unspecified atom stereocenters. The number of carbonyl (C=O) groups excluding carboxylic acids is 1. The van der Waals surface area contributed by atoms with E-state index in [2.05, 4.69) is 43.6 Å². The Labute approximate surface area is 119 Å². The standard InChI is InChI=1S/C17H20N2O/c1-4-16(20)19-9-13(10-19)12(3)14-6-5-11(2)17-15(14)7-8-18-17/h4-8,12-13,18H,1,9-10H2,2-3H3/t12-/m0/s1. The van der Waals surface area contributed by atoms with E-state index in [-0.39, 0.29) is 5.91 Å². The lowest BCUT2D eigenvalue weighted by Gasteiger charge is -2.42. The monoisotopic (exact) mass is 268 g/mol. The third-order valence-electron chi connectivity index (χ3n) is 4.56. The van der Waals surface area contributed by atoms with Crippen molar-refractivity contribution in [2.24, 2.45) is 5.92 Å². The van der Waals surface area contributed by atoms with E-state index in [1.54, 1.807) is 0 Å². The van der Waals surface area contributed by atoms with Gasteiger partial charge in [-0.05, 0) is 36.1 Å². The number of amides is 1. The quantitative estimate of drug-likeness (QED) is 0.852. The van der Waals surface area contributed by atoms with Gasteiger partial charge in [0.05, 0.1) is 0 Å². The van der Waals surface area contributed by atoms with Gasteiger partial charge in [-0.25, -0.2) is 0 Å². The van der Waals surface area contributed by atoms with Crippen molar-refractivity contribution in [2.75, 3.05) is 13.1 Å². The number of hydrogen-bond donors (Lipinski definition) is 1. The normalized spacial score (nSPS) is 17.0. The first-order valence-corrected chi connectivity index (χ1v) is 7.09. The number of hydrogen-bond acceptors (Lipinski definition) is 1. The highest BCUT2D eigenvalue weighted by Gasteiger charge is 2.34. The van der Waals surface area contributed by atoms with Gasteiger partial charge in [-0.2, -0.15) is 0 Å². The molecule has 1 aromatic heterocycles. The summed E-state index contributed by atoms with van der Waals surface area (Å²) in [4.78, 5) is 16.7. The van der Waals surface area contributed by atoms with Crippen molar-refractivity contribution in [1.29, 1.82) is 0 Å². The summed E-state index contributed by atoms with van der Waals surface area (Å²) in [6.07, 6.45) is 3.40. The van der Waals surface area contributed by atoms with E-state index >= 15 is 0 Å². The summed E-state index contributed by atoms with van der Waals surface area (Å²) in [5, 5.41) is 1.31. The van der Waals surface area contributed by atoms with Crippen molar-refractivity contribution in [3.63, 3.8) is 0 Å². The van der Waals surface area contributed by atoms with Crippen LogP contribution in [-0.4, -0.2) is 28.9 Å². The molecule has 1 fully saturated rings. The second-order valence-corrected chi connectivity index (χ2v) is 5.73. The molecule has 2 aromatic rings. The molecular weight excluding hydrogens is 248 g/mol. The maximum Gasteiger partial charge on any atom is 0.245 e. The first-order chi connectivity index (χ1) is 9.61. The molecule has 3 rings (SSSR count). The smallest absolute Gasteiger partial charge is 0.245 e. The van der Waals surface area contributed by atoms with E-state index in [0.29, 0.717) is 11.8 Å². The van der Waals surface area contributed by atoms with Gasteiger partial charge in [0.25, 0.3) is 0 Å². The molecule has 3 nitrogen and oxygen atoms in total. The molecule has 1 N–H and O–H groups in total. The first kappa shape index (κ1) is 13.0. The fraction of sp³-hybridized carbons (Fsp3) is 0.353. The van der Waals surface area contributed by atoms with Gasteiger partial charge in [-0.1, -0.05) is 25.6 Å². The summed E-state index contributed by atoms with van der Waals surface area (Å²) in [6, 6.07) is 6.56. The summed E-state index contributed by atoms with van der Waals surface area (Å²) in [5.74, 6) is 1.05. The van der Waals surface area contributed by atoms with E-state index in [4.69, 9.17) is 0 Å². The van der Waals surface area contributed by atoms with Crippen LogP contribution in [-0.2, 0) is 4.79 Å². The highest BCUT2D eigenvalue weighted by Crippen LogP contribution is 2.36. The molecule has 1 aromatic carbocycles. The van der Waals surface area contributed by atoms with Gasteiger partial charge in [0.15, 0.2) is 0 Å². The highest BCUT2D eigenvalue weighted by molar-refractivity contribution is 5.88. The van der Waals surface area contributed by atoms with Crippen LogP contribution in [0.3, 0.4) is 0 Å². The lowest BCUT2D eigenvalue weighted by molar-refractivity contribution is -0.132. The molecule has 1 amide bonds. The summed E-state index contributed by atoms with van der Waals surface area (Å²) < 4.78 is 0. The fourth-order valence-corrected chi connectivity index (χ4v) is 3.11. The number of nitrogens with one attached hydrogen (secondary N) is 1. The van der Waals surface area contributed by atoms with E-state index < -0.39 is 0 Å². The zero-order valence-corrected chi connectivity index (χ0v) is 12.0. The predicted molar refractivity (Wildman–Crippen MR) is 81.7 cm³/mol. The third kappa shape index (κ3) is 1.94. The highest BCUT2D eigenvalue weighted by atomic mass is 16.2. The number of carbonyl (C=O) groups is 1. The van der Waals surface area contributed by atoms with Gasteiger partial charge in [-0.15, -0.1) is 0 Å². The van der Waals surface area contributed by atoms with Crippen molar-refractivity contribution in [3.05, 3.63) is 48.2 Å². The second-order valence-electron chi connectivity index (χ2n) is 5.73. The van der Waals surface area contributed by atoms with Gasteiger partial charge in [0, 0.05) is 36.1 Å². The van der Waals surface area contributed by atoms with Crippen molar-refractivity contribution in [2.45, 2.75) is 19.8 Å². The minimum Gasteiger partial charge on any atom is -0.361 e.